The third kappa shape index (κ3) is 6.22. The summed E-state index contributed by atoms with van der Waals surface area (Å²) in [6, 6.07) is 21.5. The van der Waals surface area contributed by atoms with Gasteiger partial charge in [0.15, 0.2) is 0 Å². The first-order valence-corrected chi connectivity index (χ1v) is 8.99. The maximum atomic E-state index is 2.21. The predicted molar refractivity (Wildman–Crippen MR) is 90.1 cm³/mol. The van der Waals surface area contributed by atoms with Gasteiger partial charge in [0.2, 0.25) is 0 Å². The van der Waals surface area contributed by atoms with Crippen molar-refractivity contribution in [3.8, 4) is 0 Å². The van der Waals surface area contributed by atoms with E-state index in [1.807, 2.05) is 11.8 Å². The first-order valence-electron chi connectivity index (χ1n) is 6.68. The van der Waals surface area contributed by atoms with Crippen molar-refractivity contribution in [2.75, 3.05) is 17.3 Å². The van der Waals surface area contributed by atoms with Crippen LogP contribution in [0.4, 0.5) is 0 Å². The Morgan fingerprint density at radius 3 is 1.84 bits per heavy atom. The lowest BCUT2D eigenvalue weighted by atomic mass is 10.2. The molecule has 0 nitrogen and oxygen atoms in total. The molecule has 0 aliphatic heterocycles. The van der Waals surface area contributed by atoms with E-state index >= 15 is 0 Å². The second kappa shape index (κ2) is 9.11. The van der Waals surface area contributed by atoms with Crippen molar-refractivity contribution in [1.29, 1.82) is 0 Å². The Balaban J connectivity index is 1.49. The van der Waals surface area contributed by atoms with Crippen LogP contribution in [-0.2, 0) is 12.2 Å². The van der Waals surface area contributed by atoms with Gasteiger partial charge >= 0.3 is 0 Å². The third-order valence-electron chi connectivity index (χ3n) is 2.86. The van der Waals surface area contributed by atoms with Gasteiger partial charge in [0, 0.05) is 17.3 Å². The lowest BCUT2D eigenvalue weighted by molar-refractivity contribution is 1.16. The minimum atomic E-state index is 1.14. The van der Waals surface area contributed by atoms with Crippen molar-refractivity contribution < 1.29 is 0 Å². The van der Waals surface area contributed by atoms with E-state index in [0.717, 1.165) is 5.75 Å². The maximum absolute atomic E-state index is 2.21. The molecule has 0 spiro atoms. The summed E-state index contributed by atoms with van der Waals surface area (Å²) < 4.78 is 0. The Labute approximate surface area is 125 Å². The SMILES string of the molecule is c1ccc(CCSCCSCc2ccccc2)cc1. The molecular formula is C17H20S2. The van der Waals surface area contributed by atoms with E-state index in [0.29, 0.717) is 0 Å². The van der Waals surface area contributed by atoms with Crippen molar-refractivity contribution >= 4 is 23.5 Å². The van der Waals surface area contributed by atoms with Gasteiger partial charge in [-0.15, -0.1) is 0 Å². The number of thioether (sulfide) groups is 2. The second-order valence-corrected chi connectivity index (χ2v) is 6.72. The van der Waals surface area contributed by atoms with Crippen molar-refractivity contribution in [3.05, 3.63) is 71.8 Å². The van der Waals surface area contributed by atoms with Crippen LogP contribution in [-0.4, -0.2) is 17.3 Å². The van der Waals surface area contributed by atoms with Gasteiger partial charge in [-0.05, 0) is 23.3 Å². The number of rotatable bonds is 8. The van der Waals surface area contributed by atoms with E-state index in [4.69, 9.17) is 0 Å². The molecule has 0 radical (unpaired) electrons. The summed E-state index contributed by atoms with van der Waals surface area (Å²) in [5.74, 6) is 4.87. The molecule has 2 heteroatoms. The zero-order valence-corrected chi connectivity index (χ0v) is 12.8. The quantitative estimate of drug-likeness (QED) is 0.634. The molecule has 0 saturated heterocycles. The molecule has 0 fully saturated rings. The van der Waals surface area contributed by atoms with E-state index in [1.54, 1.807) is 0 Å². The third-order valence-corrected chi connectivity index (χ3v) is 5.14. The molecule has 2 aromatic rings. The van der Waals surface area contributed by atoms with Crippen LogP contribution < -0.4 is 0 Å². The molecule has 2 rings (SSSR count). The Morgan fingerprint density at radius 2 is 1.16 bits per heavy atom. The molecule has 0 aliphatic carbocycles. The topological polar surface area (TPSA) is 0 Å². The monoisotopic (exact) mass is 288 g/mol. The smallest absolute Gasteiger partial charge is 0.0184 e. The second-order valence-electron chi connectivity index (χ2n) is 4.39. The van der Waals surface area contributed by atoms with E-state index in [1.165, 1.54) is 34.8 Å². The normalized spacial score (nSPS) is 10.5. The van der Waals surface area contributed by atoms with Crippen molar-refractivity contribution in [2.24, 2.45) is 0 Å². The lowest BCUT2D eigenvalue weighted by Crippen LogP contribution is -1.92. The largest absolute Gasteiger partial charge is 0.161 e. The van der Waals surface area contributed by atoms with E-state index in [-0.39, 0.29) is 0 Å². The summed E-state index contributed by atoms with van der Waals surface area (Å²) in [6.45, 7) is 0. The average Bonchev–Trinajstić information content (AvgIpc) is 2.48. The Bertz CT molecular complexity index is 396. The minimum absolute atomic E-state index is 1.14. The Hall–Kier alpha value is -0.860. The Kier molecular flexibility index (Phi) is 6.97. The van der Waals surface area contributed by atoms with Crippen LogP contribution in [0.2, 0.25) is 0 Å². The number of hydrogen-bond donors (Lipinski definition) is 0. The maximum Gasteiger partial charge on any atom is 0.0184 e. The molecular weight excluding hydrogens is 268 g/mol. The van der Waals surface area contributed by atoms with Gasteiger partial charge < -0.3 is 0 Å². The van der Waals surface area contributed by atoms with Crippen LogP contribution in [0.25, 0.3) is 0 Å². The summed E-state index contributed by atoms with van der Waals surface area (Å²) in [4.78, 5) is 0. The van der Waals surface area contributed by atoms with Crippen LogP contribution >= 0.6 is 23.5 Å². The zero-order valence-electron chi connectivity index (χ0n) is 11.1. The predicted octanol–water partition coefficient (Wildman–Crippen LogP) is 4.90. The summed E-state index contributed by atoms with van der Waals surface area (Å²) in [5.41, 5.74) is 2.88. The van der Waals surface area contributed by atoms with Crippen LogP contribution in [0.1, 0.15) is 11.1 Å². The highest BCUT2D eigenvalue weighted by Gasteiger charge is 1.95. The highest BCUT2D eigenvalue weighted by molar-refractivity contribution is 8.02. The highest BCUT2D eigenvalue weighted by Crippen LogP contribution is 2.14. The molecule has 0 aromatic heterocycles. The first kappa shape index (κ1) is 14.5. The van der Waals surface area contributed by atoms with Gasteiger partial charge in [0.05, 0.1) is 0 Å². The Morgan fingerprint density at radius 1 is 0.579 bits per heavy atom. The first-order chi connectivity index (χ1) is 9.45. The number of hydrogen-bond acceptors (Lipinski definition) is 2. The van der Waals surface area contributed by atoms with E-state index in [9.17, 15) is 0 Å². The number of benzene rings is 2. The lowest BCUT2D eigenvalue weighted by Gasteiger charge is -2.03. The standard InChI is InChI=1S/C17H20S2/c1-3-7-16(8-4-1)11-12-18-13-14-19-15-17-9-5-2-6-10-17/h1-10H,11-15H2. The van der Waals surface area contributed by atoms with Gasteiger partial charge in [-0.1, -0.05) is 60.7 Å². The minimum Gasteiger partial charge on any atom is -0.161 e. The summed E-state index contributed by atoms with van der Waals surface area (Å²) >= 11 is 4.09. The zero-order chi connectivity index (χ0) is 13.2. The van der Waals surface area contributed by atoms with Crippen LogP contribution in [0.5, 0.6) is 0 Å². The fourth-order valence-corrected chi connectivity index (χ4v) is 3.92. The summed E-state index contributed by atoms with van der Waals surface area (Å²) in [5, 5.41) is 0. The average molecular weight is 288 g/mol. The van der Waals surface area contributed by atoms with Gasteiger partial charge in [0.1, 0.15) is 0 Å². The molecule has 0 saturated carbocycles. The molecule has 0 aliphatic rings. The molecule has 2 aromatic carbocycles. The van der Waals surface area contributed by atoms with Crippen LogP contribution in [0.15, 0.2) is 60.7 Å². The number of aryl methyl sites for hydroxylation is 1. The molecule has 0 unspecified atom stereocenters. The molecule has 0 N–H and O–H groups in total. The molecule has 100 valence electrons. The molecule has 0 bridgehead atoms. The molecule has 0 heterocycles. The van der Waals surface area contributed by atoms with Gasteiger partial charge in [-0.2, -0.15) is 23.5 Å². The van der Waals surface area contributed by atoms with Crippen molar-refractivity contribution in [2.45, 2.75) is 12.2 Å². The fourth-order valence-electron chi connectivity index (χ4n) is 1.82. The fraction of sp³-hybridized carbons (Fsp3) is 0.294. The molecule has 19 heavy (non-hydrogen) atoms. The van der Waals surface area contributed by atoms with Crippen molar-refractivity contribution in [1.82, 2.24) is 0 Å². The van der Waals surface area contributed by atoms with E-state index in [2.05, 4.69) is 72.4 Å². The van der Waals surface area contributed by atoms with Crippen LogP contribution in [0, 0.1) is 0 Å². The van der Waals surface area contributed by atoms with Gasteiger partial charge in [-0.25, -0.2) is 0 Å². The molecule has 0 atom stereocenters. The summed E-state index contributed by atoms with van der Waals surface area (Å²) in [7, 11) is 0. The van der Waals surface area contributed by atoms with E-state index < -0.39 is 0 Å². The highest BCUT2D eigenvalue weighted by atomic mass is 32.2. The van der Waals surface area contributed by atoms with Crippen LogP contribution in [0.3, 0.4) is 0 Å². The molecule has 0 amide bonds. The van der Waals surface area contributed by atoms with Gasteiger partial charge in [-0.3, -0.25) is 0 Å². The van der Waals surface area contributed by atoms with Crippen molar-refractivity contribution in [3.63, 3.8) is 0 Å². The van der Waals surface area contributed by atoms with Gasteiger partial charge in [0.25, 0.3) is 0 Å². The summed E-state index contributed by atoms with van der Waals surface area (Å²) in [6.07, 6.45) is 1.19.